The number of aryl methyl sites for hydroxylation is 2. The van der Waals surface area contributed by atoms with E-state index in [1.54, 1.807) is 18.2 Å². The summed E-state index contributed by atoms with van der Waals surface area (Å²) in [7, 11) is 1.80. The first-order valence-corrected chi connectivity index (χ1v) is 14.4. The van der Waals surface area contributed by atoms with Crippen LogP contribution in [-0.4, -0.2) is 7.11 Å². The van der Waals surface area contributed by atoms with Gasteiger partial charge in [-0.05, 0) is 94.8 Å². The van der Waals surface area contributed by atoms with Crippen molar-refractivity contribution in [1.29, 1.82) is 0 Å². The highest BCUT2D eigenvalue weighted by atomic mass is 32.2. The summed E-state index contributed by atoms with van der Waals surface area (Å²) in [5, 5.41) is 2.65. The van der Waals surface area contributed by atoms with Crippen molar-refractivity contribution in [2.45, 2.75) is 67.6 Å². The molecule has 0 N–H and O–H groups in total. The summed E-state index contributed by atoms with van der Waals surface area (Å²) in [6.07, 6.45) is 8.33. The molecule has 0 aliphatic heterocycles. The van der Waals surface area contributed by atoms with Crippen LogP contribution in [0.1, 0.15) is 60.8 Å². The topological polar surface area (TPSA) is 9.23 Å². The SMILES string of the molecule is COc1cc2ccc3c(c2cc1Sc1c(C)cccc1C)-c1ccccc1C31CC2CCCCC2C1. The van der Waals surface area contributed by atoms with Crippen molar-refractivity contribution in [3.63, 3.8) is 0 Å². The van der Waals surface area contributed by atoms with Gasteiger partial charge < -0.3 is 4.74 Å². The molecule has 1 nitrogen and oxygen atoms in total. The fourth-order valence-corrected chi connectivity index (χ4v) is 8.93. The average molecular weight is 491 g/mol. The molecule has 182 valence electrons. The van der Waals surface area contributed by atoms with Crippen molar-refractivity contribution in [3.05, 3.63) is 89.0 Å². The summed E-state index contributed by atoms with van der Waals surface area (Å²) in [6.45, 7) is 4.42. The van der Waals surface area contributed by atoms with Crippen LogP contribution in [0.4, 0.5) is 0 Å². The molecule has 3 aliphatic rings. The van der Waals surface area contributed by atoms with Crippen molar-refractivity contribution in [2.24, 2.45) is 11.8 Å². The van der Waals surface area contributed by atoms with E-state index in [1.165, 1.54) is 81.3 Å². The number of rotatable bonds is 3. The Hall–Kier alpha value is -2.71. The van der Waals surface area contributed by atoms with Crippen molar-refractivity contribution in [3.8, 4) is 16.9 Å². The number of fused-ring (bicyclic) bond motifs is 8. The fraction of sp³-hybridized carbons (Fsp3) is 0.353. The highest BCUT2D eigenvalue weighted by molar-refractivity contribution is 7.99. The molecule has 2 saturated carbocycles. The van der Waals surface area contributed by atoms with E-state index in [9.17, 15) is 0 Å². The third kappa shape index (κ3) is 3.23. The number of methoxy groups -OCH3 is 1. The van der Waals surface area contributed by atoms with Gasteiger partial charge in [0.2, 0.25) is 0 Å². The first-order valence-electron chi connectivity index (χ1n) is 13.6. The summed E-state index contributed by atoms with van der Waals surface area (Å²) >= 11 is 1.85. The lowest BCUT2D eigenvalue weighted by Gasteiger charge is -2.27. The average Bonchev–Trinajstić information content (AvgIpc) is 3.42. The standard InChI is InChI=1S/C34H34OS/c1-21-9-8-10-22(2)33(21)36-31-18-27-23(17-30(31)35-3)15-16-29-32(27)26-13-6-7-14-28(26)34(29)19-24-11-4-5-12-25(24)20-34/h6-10,13-18,24-25H,4-5,11-12,19-20H2,1-3H3. The molecule has 2 atom stereocenters. The smallest absolute Gasteiger partial charge is 0.133 e. The molecular formula is C34H34OS. The normalized spacial score (nSPS) is 24.1. The minimum Gasteiger partial charge on any atom is -0.496 e. The maximum atomic E-state index is 5.93. The van der Waals surface area contributed by atoms with E-state index in [-0.39, 0.29) is 5.41 Å². The van der Waals surface area contributed by atoms with E-state index < -0.39 is 0 Å². The molecule has 0 aromatic heterocycles. The second-order valence-electron chi connectivity index (χ2n) is 11.4. The van der Waals surface area contributed by atoms with Gasteiger partial charge in [0, 0.05) is 10.3 Å². The lowest BCUT2D eigenvalue weighted by atomic mass is 9.75. The lowest BCUT2D eigenvalue weighted by Crippen LogP contribution is -2.21. The van der Waals surface area contributed by atoms with Crippen LogP contribution >= 0.6 is 11.8 Å². The minimum atomic E-state index is 0.194. The summed E-state index contributed by atoms with van der Waals surface area (Å²) in [4.78, 5) is 2.54. The second kappa shape index (κ2) is 8.42. The monoisotopic (exact) mass is 490 g/mol. The lowest BCUT2D eigenvalue weighted by molar-refractivity contribution is 0.277. The molecule has 0 bridgehead atoms. The van der Waals surface area contributed by atoms with Crippen LogP contribution in [0.5, 0.6) is 5.75 Å². The van der Waals surface area contributed by atoms with Gasteiger partial charge in [-0.15, -0.1) is 0 Å². The van der Waals surface area contributed by atoms with E-state index >= 15 is 0 Å². The van der Waals surface area contributed by atoms with Gasteiger partial charge in [0.1, 0.15) is 5.75 Å². The van der Waals surface area contributed by atoms with Crippen molar-refractivity contribution < 1.29 is 4.74 Å². The minimum absolute atomic E-state index is 0.194. The number of ether oxygens (including phenoxy) is 1. The summed E-state index contributed by atoms with van der Waals surface area (Å²) in [5.41, 5.74) is 8.94. The largest absolute Gasteiger partial charge is 0.496 e. The van der Waals surface area contributed by atoms with Gasteiger partial charge in [0.25, 0.3) is 0 Å². The van der Waals surface area contributed by atoms with Gasteiger partial charge in [0.05, 0.1) is 12.0 Å². The zero-order valence-electron chi connectivity index (χ0n) is 21.6. The van der Waals surface area contributed by atoms with Gasteiger partial charge in [-0.3, -0.25) is 0 Å². The molecule has 0 radical (unpaired) electrons. The first-order chi connectivity index (χ1) is 17.6. The number of hydrogen-bond acceptors (Lipinski definition) is 2. The van der Waals surface area contributed by atoms with Gasteiger partial charge in [-0.2, -0.15) is 0 Å². The van der Waals surface area contributed by atoms with E-state index in [2.05, 4.69) is 80.6 Å². The third-order valence-corrected chi connectivity index (χ3v) is 10.8. The van der Waals surface area contributed by atoms with Gasteiger partial charge >= 0.3 is 0 Å². The molecule has 0 amide bonds. The van der Waals surface area contributed by atoms with Crippen LogP contribution in [0.25, 0.3) is 21.9 Å². The summed E-state index contributed by atoms with van der Waals surface area (Å²) in [5.74, 6) is 2.74. The highest BCUT2D eigenvalue weighted by Gasteiger charge is 2.52. The Labute approximate surface area is 219 Å². The van der Waals surface area contributed by atoms with Crippen LogP contribution in [-0.2, 0) is 5.41 Å². The van der Waals surface area contributed by atoms with E-state index in [0.717, 1.165) is 17.6 Å². The molecule has 4 aromatic carbocycles. The molecule has 2 unspecified atom stereocenters. The maximum absolute atomic E-state index is 5.93. The Morgan fingerprint density at radius 2 is 1.53 bits per heavy atom. The van der Waals surface area contributed by atoms with Gasteiger partial charge in [-0.1, -0.05) is 92.0 Å². The molecule has 7 rings (SSSR count). The summed E-state index contributed by atoms with van der Waals surface area (Å²) < 4.78 is 5.93. The van der Waals surface area contributed by atoms with Crippen molar-refractivity contribution in [1.82, 2.24) is 0 Å². The van der Waals surface area contributed by atoms with Crippen LogP contribution in [0.3, 0.4) is 0 Å². The van der Waals surface area contributed by atoms with Crippen LogP contribution < -0.4 is 4.74 Å². The van der Waals surface area contributed by atoms with Crippen LogP contribution in [0.2, 0.25) is 0 Å². The molecular weight excluding hydrogens is 456 g/mol. The molecule has 0 saturated heterocycles. The van der Waals surface area contributed by atoms with Crippen molar-refractivity contribution in [2.75, 3.05) is 7.11 Å². The third-order valence-electron chi connectivity index (χ3n) is 9.44. The zero-order valence-corrected chi connectivity index (χ0v) is 22.4. The van der Waals surface area contributed by atoms with Crippen LogP contribution in [0.15, 0.2) is 76.5 Å². The Balaban J connectivity index is 1.44. The Kier molecular flexibility index (Phi) is 5.26. The number of benzene rings is 4. The van der Waals surface area contributed by atoms with Gasteiger partial charge in [0.15, 0.2) is 0 Å². The molecule has 0 heterocycles. The molecule has 3 aliphatic carbocycles. The Bertz CT molecular complexity index is 1460. The van der Waals surface area contributed by atoms with E-state index in [0.29, 0.717) is 0 Å². The summed E-state index contributed by atoms with van der Waals surface area (Å²) in [6, 6.07) is 25.4. The highest BCUT2D eigenvalue weighted by Crippen LogP contribution is 2.63. The molecule has 1 spiro atoms. The predicted octanol–water partition coefficient (Wildman–Crippen LogP) is 9.48. The molecule has 2 heteroatoms. The number of hydrogen-bond donors (Lipinski definition) is 0. The van der Waals surface area contributed by atoms with E-state index in [4.69, 9.17) is 4.74 Å². The fourth-order valence-electron chi connectivity index (χ4n) is 7.83. The molecule has 2 fully saturated rings. The Morgan fingerprint density at radius 1 is 0.806 bits per heavy atom. The van der Waals surface area contributed by atoms with Crippen molar-refractivity contribution >= 4 is 22.5 Å². The van der Waals surface area contributed by atoms with Crippen LogP contribution in [0, 0.1) is 25.7 Å². The first kappa shape index (κ1) is 22.5. The second-order valence-corrected chi connectivity index (χ2v) is 12.4. The van der Waals surface area contributed by atoms with Gasteiger partial charge in [-0.25, -0.2) is 0 Å². The zero-order chi connectivity index (χ0) is 24.4. The Morgan fingerprint density at radius 3 is 2.25 bits per heavy atom. The van der Waals surface area contributed by atoms with E-state index in [1.807, 2.05) is 11.8 Å². The maximum Gasteiger partial charge on any atom is 0.133 e. The predicted molar refractivity (Wildman–Crippen MR) is 151 cm³/mol. The molecule has 36 heavy (non-hydrogen) atoms. The molecule has 4 aromatic rings. The quantitative estimate of drug-likeness (QED) is 0.283.